The summed E-state index contributed by atoms with van der Waals surface area (Å²) in [6.07, 6.45) is -0.584. The lowest BCUT2D eigenvalue weighted by molar-refractivity contribution is -0.139. The SMILES string of the molecule is CC(C)[C@H](C(=O)C(C)(C)C)[C@@H](O)C(C)(C)C. The van der Waals surface area contributed by atoms with Gasteiger partial charge in [0.1, 0.15) is 5.78 Å². The predicted octanol–water partition coefficient (Wildman–Crippen LogP) is 3.28. The highest BCUT2D eigenvalue weighted by molar-refractivity contribution is 5.86. The van der Waals surface area contributed by atoms with Crippen LogP contribution in [0.2, 0.25) is 0 Å². The van der Waals surface area contributed by atoms with Gasteiger partial charge in [-0.05, 0) is 11.3 Å². The number of carbonyl (C=O) groups excluding carboxylic acids is 1. The Bertz CT molecular complexity index is 240. The van der Waals surface area contributed by atoms with Crippen molar-refractivity contribution in [2.45, 2.75) is 61.5 Å². The number of Topliss-reactive ketones (excluding diaryl/α,β-unsaturated/α-hetero) is 1. The summed E-state index contributed by atoms with van der Waals surface area (Å²) in [5.41, 5.74) is -0.642. The number of ketones is 1. The summed E-state index contributed by atoms with van der Waals surface area (Å²) in [5, 5.41) is 10.3. The van der Waals surface area contributed by atoms with Gasteiger partial charge in [0, 0.05) is 11.3 Å². The first-order valence-electron chi connectivity index (χ1n) is 6.11. The van der Waals surface area contributed by atoms with Gasteiger partial charge in [-0.3, -0.25) is 4.79 Å². The average molecular weight is 228 g/mol. The molecule has 2 heteroatoms. The van der Waals surface area contributed by atoms with Crippen molar-refractivity contribution in [3.05, 3.63) is 0 Å². The number of carbonyl (C=O) groups is 1. The summed E-state index contributed by atoms with van der Waals surface area (Å²) in [4.78, 5) is 12.3. The van der Waals surface area contributed by atoms with Gasteiger partial charge in [0.05, 0.1) is 6.10 Å². The van der Waals surface area contributed by atoms with E-state index in [1.807, 2.05) is 55.4 Å². The first-order chi connectivity index (χ1) is 6.89. The first kappa shape index (κ1) is 15.6. The lowest BCUT2D eigenvalue weighted by atomic mass is 9.69. The van der Waals surface area contributed by atoms with E-state index in [1.54, 1.807) is 0 Å². The van der Waals surface area contributed by atoms with Crippen LogP contribution in [0.15, 0.2) is 0 Å². The van der Waals surface area contributed by atoms with E-state index in [2.05, 4.69) is 0 Å². The van der Waals surface area contributed by atoms with Crippen LogP contribution in [-0.4, -0.2) is 17.0 Å². The molecule has 0 fully saturated rings. The van der Waals surface area contributed by atoms with E-state index in [-0.39, 0.29) is 28.4 Å². The molecule has 0 radical (unpaired) electrons. The summed E-state index contributed by atoms with van der Waals surface area (Å²) in [7, 11) is 0. The third-order valence-electron chi connectivity index (χ3n) is 2.99. The minimum absolute atomic E-state index is 0.157. The lowest BCUT2D eigenvalue weighted by Crippen LogP contribution is -2.45. The highest BCUT2D eigenvalue weighted by Gasteiger charge is 2.40. The monoisotopic (exact) mass is 228 g/mol. The van der Waals surface area contributed by atoms with Gasteiger partial charge in [-0.25, -0.2) is 0 Å². The summed E-state index contributed by atoms with van der Waals surface area (Å²) in [6, 6.07) is 0. The molecule has 0 aliphatic rings. The fraction of sp³-hybridized carbons (Fsp3) is 0.929. The van der Waals surface area contributed by atoms with Gasteiger partial charge < -0.3 is 5.11 Å². The third kappa shape index (κ3) is 3.89. The predicted molar refractivity (Wildman–Crippen MR) is 68.3 cm³/mol. The maximum absolute atomic E-state index is 12.3. The Labute approximate surface area is 100 Å². The van der Waals surface area contributed by atoms with Gasteiger partial charge in [-0.2, -0.15) is 0 Å². The number of hydrogen-bond acceptors (Lipinski definition) is 2. The van der Waals surface area contributed by atoms with E-state index in [0.717, 1.165) is 0 Å². The lowest BCUT2D eigenvalue weighted by Gasteiger charge is -2.37. The van der Waals surface area contributed by atoms with E-state index in [9.17, 15) is 9.90 Å². The van der Waals surface area contributed by atoms with Gasteiger partial charge in [-0.15, -0.1) is 0 Å². The van der Waals surface area contributed by atoms with Crippen molar-refractivity contribution >= 4 is 5.78 Å². The molecule has 0 aromatic heterocycles. The second kappa shape index (κ2) is 4.87. The molecule has 2 nitrogen and oxygen atoms in total. The topological polar surface area (TPSA) is 37.3 Å². The van der Waals surface area contributed by atoms with Crippen LogP contribution in [0.5, 0.6) is 0 Å². The largest absolute Gasteiger partial charge is 0.392 e. The fourth-order valence-electron chi connectivity index (χ4n) is 1.85. The van der Waals surface area contributed by atoms with Crippen LogP contribution in [0, 0.1) is 22.7 Å². The molecular weight excluding hydrogens is 200 g/mol. The molecule has 0 aliphatic carbocycles. The van der Waals surface area contributed by atoms with E-state index in [0.29, 0.717) is 0 Å². The van der Waals surface area contributed by atoms with Crippen molar-refractivity contribution in [2.24, 2.45) is 22.7 Å². The normalized spacial score (nSPS) is 17.4. The Hall–Kier alpha value is -0.370. The van der Waals surface area contributed by atoms with Crippen LogP contribution in [0.1, 0.15) is 55.4 Å². The van der Waals surface area contributed by atoms with E-state index < -0.39 is 6.10 Å². The molecule has 0 amide bonds. The molecular formula is C14H28O2. The van der Waals surface area contributed by atoms with Crippen molar-refractivity contribution in [2.75, 3.05) is 0 Å². The third-order valence-corrected chi connectivity index (χ3v) is 2.99. The fourth-order valence-corrected chi connectivity index (χ4v) is 1.85. The Morgan fingerprint density at radius 2 is 1.38 bits per heavy atom. The molecule has 0 spiro atoms. The van der Waals surface area contributed by atoms with Crippen molar-refractivity contribution in [3.8, 4) is 0 Å². The van der Waals surface area contributed by atoms with E-state index in [4.69, 9.17) is 0 Å². The van der Waals surface area contributed by atoms with Crippen LogP contribution in [0.25, 0.3) is 0 Å². The van der Waals surface area contributed by atoms with Crippen molar-refractivity contribution < 1.29 is 9.90 Å². The van der Waals surface area contributed by atoms with Gasteiger partial charge >= 0.3 is 0 Å². The highest BCUT2D eigenvalue weighted by Crippen LogP contribution is 2.34. The maximum Gasteiger partial charge on any atom is 0.144 e. The molecule has 0 unspecified atom stereocenters. The second-order valence-electron chi connectivity index (χ2n) is 7.19. The molecule has 0 saturated carbocycles. The maximum atomic E-state index is 12.3. The van der Waals surface area contributed by atoms with Crippen LogP contribution in [-0.2, 0) is 4.79 Å². The summed E-state index contributed by atoms with van der Waals surface area (Å²) >= 11 is 0. The Morgan fingerprint density at radius 1 is 1.00 bits per heavy atom. The summed E-state index contributed by atoms with van der Waals surface area (Å²) in [6.45, 7) is 15.7. The number of aliphatic hydroxyl groups excluding tert-OH is 1. The first-order valence-corrected chi connectivity index (χ1v) is 6.11. The van der Waals surface area contributed by atoms with Crippen LogP contribution >= 0.6 is 0 Å². The minimum atomic E-state index is -0.584. The van der Waals surface area contributed by atoms with Gasteiger partial charge in [-0.1, -0.05) is 55.4 Å². The molecule has 0 aliphatic heterocycles. The second-order valence-corrected chi connectivity index (χ2v) is 7.19. The zero-order chi connectivity index (χ0) is 13.3. The molecule has 96 valence electrons. The molecule has 0 aromatic carbocycles. The minimum Gasteiger partial charge on any atom is -0.392 e. The van der Waals surface area contributed by atoms with Gasteiger partial charge in [0.2, 0.25) is 0 Å². The van der Waals surface area contributed by atoms with Crippen molar-refractivity contribution in [1.29, 1.82) is 0 Å². The molecule has 2 atom stereocenters. The number of rotatable bonds is 3. The molecule has 0 heterocycles. The Morgan fingerprint density at radius 3 is 1.56 bits per heavy atom. The van der Waals surface area contributed by atoms with Crippen molar-refractivity contribution in [1.82, 2.24) is 0 Å². The van der Waals surface area contributed by atoms with Crippen LogP contribution in [0.3, 0.4) is 0 Å². The standard InChI is InChI=1S/C14H28O2/c1-9(2)10(11(15)13(3,4)5)12(16)14(6,7)8/h9-11,15H,1-8H3/t10-,11+/m0/s1. The van der Waals surface area contributed by atoms with Gasteiger partial charge in [0.15, 0.2) is 0 Å². The molecule has 0 rings (SSSR count). The number of hydrogen-bond donors (Lipinski definition) is 1. The van der Waals surface area contributed by atoms with Crippen LogP contribution in [0.4, 0.5) is 0 Å². The average Bonchev–Trinajstić information content (AvgIpc) is 1.99. The zero-order valence-corrected chi connectivity index (χ0v) is 12.1. The number of aliphatic hydroxyl groups is 1. The Balaban J connectivity index is 5.12. The zero-order valence-electron chi connectivity index (χ0n) is 12.1. The molecule has 16 heavy (non-hydrogen) atoms. The highest BCUT2D eigenvalue weighted by atomic mass is 16.3. The van der Waals surface area contributed by atoms with Crippen molar-refractivity contribution in [3.63, 3.8) is 0 Å². The van der Waals surface area contributed by atoms with E-state index >= 15 is 0 Å². The summed E-state index contributed by atoms with van der Waals surface area (Å²) < 4.78 is 0. The molecule has 0 bridgehead atoms. The molecule has 0 saturated heterocycles. The quantitative estimate of drug-likeness (QED) is 0.805. The van der Waals surface area contributed by atoms with E-state index in [1.165, 1.54) is 0 Å². The summed E-state index contributed by atoms with van der Waals surface area (Å²) in [5.74, 6) is 0.0471. The van der Waals surface area contributed by atoms with Gasteiger partial charge in [0.25, 0.3) is 0 Å². The smallest absolute Gasteiger partial charge is 0.144 e. The molecule has 1 N–H and O–H groups in total. The molecule has 0 aromatic rings. The Kier molecular flexibility index (Phi) is 4.75. The van der Waals surface area contributed by atoms with Crippen LogP contribution < -0.4 is 0 Å².